The molecule has 0 radical (unpaired) electrons. The number of rotatable bonds is 4. The largest absolute Gasteiger partial charge is 0.444 e. The summed E-state index contributed by atoms with van der Waals surface area (Å²) in [7, 11) is 0. The van der Waals surface area contributed by atoms with Crippen LogP contribution in [0.15, 0.2) is 16.8 Å². The lowest BCUT2D eigenvalue weighted by molar-refractivity contribution is -0.0345. The van der Waals surface area contributed by atoms with E-state index in [1.54, 1.807) is 16.2 Å². The van der Waals surface area contributed by atoms with Crippen molar-refractivity contribution >= 4 is 23.1 Å². The minimum Gasteiger partial charge on any atom is -0.444 e. The summed E-state index contributed by atoms with van der Waals surface area (Å²) in [4.78, 5) is 14.2. The minimum atomic E-state index is -0.472. The lowest BCUT2D eigenvalue weighted by atomic mass is 10.1. The summed E-state index contributed by atoms with van der Waals surface area (Å²) >= 11 is 1.67. The van der Waals surface area contributed by atoms with Gasteiger partial charge in [-0.1, -0.05) is 0 Å². The lowest BCUT2D eigenvalue weighted by Crippen LogP contribution is -2.51. The van der Waals surface area contributed by atoms with Crippen molar-refractivity contribution in [3.63, 3.8) is 0 Å². The summed E-state index contributed by atoms with van der Waals surface area (Å²) < 4.78 is 11.1. The Balaban J connectivity index is 1.92. The van der Waals surface area contributed by atoms with Gasteiger partial charge in [0.1, 0.15) is 5.60 Å². The average molecular weight is 326 g/mol. The topological polar surface area (TPSA) is 50.8 Å². The summed E-state index contributed by atoms with van der Waals surface area (Å²) in [6.45, 7) is 9.52. The Morgan fingerprint density at radius 3 is 3.00 bits per heavy atom. The van der Waals surface area contributed by atoms with Gasteiger partial charge in [-0.2, -0.15) is 11.3 Å². The number of nitrogens with zero attached hydrogens (tertiary/aromatic N) is 1. The van der Waals surface area contributed by atoms with Gasteiger partial charge in [-0.3, -0.25) is 0 Å². The van der Waals surface area contributed by atoms with Crippen molar-refractivity contribution in [2.75, 3.05) is 25.1 Å². The predicted octanol–water partition coefficient (Wildman–Crippen LogP) is 3.57. The first kappa shape index (κ1) is 17.1. The molecule has 0 aliphatic carbocycles. The predicted molar refractivity (Wildman–Crippen MR) is 89.6 cm³/mol. The van der Waals surface area contributed by atoms with Crippen molar-refractivity contribution < 1.29 is 14.3 Å². The molecule has 1 aliphatic heterocycles. The van der Waals surface area contributed by atoms with Crippen LogP contribution < -0.4 is 5.32 Å². The van der Waals surface area contributed by atoms with Crippen LogP contribution in [-0.2, 0) is 9.47 Å². The van der Waals surface area contributed by atoms with Crippen molar-refractivity contribution in [3.05, 3.63) is 16.8 Å². The summed E-state index contributed by atoms with van der Waals surface area (Å²) in [6, 6.07) is 2.36. The molecular weight excluding hydrogens is 300 g/mol. The van der Waals surface area contributed by atoms with Gasteiger partial charge >= 0.3 is 6.09 Å². The Morgan fingerprint density at radius 2 is 2.36 bits per heavy atom. The highest BCUT2D eigenvalue weighted by Gasteiger charge is 2.31. The molecule has 0 bridgehead atoms. The number of hydrogen-bond donors (Lipinski definition) is 1. The number of nitrogens with one attached hydrogen (secondary N) is 1. The van der Waals surface area contributed by atoms with E-state index in [4.69, 9.17) is 9.47 Å². The number of carbonyl (C=O) groups excluding carboxylic acids is 1. The van der Waals surface area contributed by atoms with E-state index in [0.29, 0.717) is 19.8 Å². The number of thiophene rings is 1. The van der Waals surface area contributed by atoms with Crippen molar-refractivity contribution in [1.82, 2.24) is 4.90 Å². The molecule has 1 aliphatic rings. The monoisotopic (exact) mass is 326 g/mol. The van der Waals surface area contributed by atoms with Gasteiger partial charge < -0.3 is 19.7 Å². The Morgan fingerprint density at radius 1 is 1.59 bits per heavy atom. The van der Waals surface area contributed by atoms with Crippen LogP contribution in [0.2, 0.25) is 0 Å². The highest BCUT2D eigenvalue weighted by molar-refractivity contribution is 7.08. The molecule has 1 saturated heterocycles. The summed E-state index contributed by atoms with van der Waals surface area (Å²) in [5.41, 5.74) is 0.651. The van der Waals surface area contributed by atoms with E-state index in [9.17, 15) is 4.79 Å². The first-order chi connectivity index (χ1) is 10.3. The van der Waals surface area contributed by atoms with Gasteiger partial charge in [0.25, 0.3) is 0 Å². The third kappa shape index (κ3) is 5.18. The van der Waals surface area contributed by atoms with Crippen LogP contribution in [0.1, 0.15) is 34.1 Å². The van der Waals surface area contributed by atoms with E-state index in [1.807, 2.05) is 26.2 Å². The Bertz CT molecular complexity index is 470. The fourth-order valence-electron chi connectivity index (χ4n) is 2.51. The second kappa shape index (κ2) is 7.33. The van der Waals surface area contributed by atoms with Gasteiger partial charge in [0, 0.05) is 23.7 Å². The van der Waals surface area contributed by atoms with Crippen LogP contribution in [-0.4, -0.2) is 48.4 Å². The van der Waals surface area contributed by atoms with Crippen LogP contribution in [0.25, 0.3) is 0 Å². The number of amides is 1. The molecule has 0 aromatic carbocycles. The molecule has 1 fully saturated rings. The minimum absolute atomic E-state index is 0.0461. The second-order valence-electron chi connectivity index (χ2n) is 6.70. The molecule has 1 aromatic rings. The number of hydrogen-bond acceptors (Lipinski definition) is 5. The van der Waals surface area contributed by atoms with Crippen LogP contribution in [0.3, 0.4) is 0 Å². The third-order valence-electron chi connectivity index (χ3n) is 3.42. The van der Waals surface area contributed by atoms with Gasteiger partial charge in [-0.15, -0.1) is 0 Å². The maximum absolute atomic E-state index is 12.4. The Hall–Kier alpha value is -1.27. The molecule has 0 spiro atoms. The summed E-state index contributed by atoms with van der Waals surface area (Å²) in [5.74, 6) is 0. The van der Waals surface area contributed by atoms with Crippen molar-refractivity contribution in [2.45, 2.75) is 51.8 Å². The lowest BCUT2D eigenvalue weighted by Gasteiger charge is -2.37. The molecular formula is C16H26N2O3S. The van der Waals surface area contributed by atoms with Gasteiger partial charge in [0.05, 0.1) is 19.3 Å². The summed E-state index contributed by atoms with van der Waals surface area (Å²) in [6.07, 6.45) is 0.582. The van der Waals surface area contributed by atoms with E-state index in [1.165, 1.54) is 0 Å². The Labute approximate surface area is 136 Å². The molecule has 5 nitrogen and oxygen atoms in total. The van der Waals surface area contributed by atoms with Crippen LogP contribution in [0.5, 0.6) is 0 Å². The van der Waals surface area contributed by atoms with E-state index in [0.717, 1.165) is 12.1 Å². The number of carbonyl (C=O) groups is 1. The van der Waals surface area contributed by atoms with Gasteiger partial charge in [0.2, 0.25) is 0 Å². The molecule has 124 valence electrons. The highest BCUT2D eigenvalue weighted by atomic mass is 32.1. The zero-order valence-electron chi connectivity index (χ0n) is 13.8. The van der Waals surface area contributed by atoms with E-state index < -0.39 is 5.60 Å². The molecule has 0 saturated carbocycles. The number of morpholine rings is 1. The van der Waals surface area contributed by atoms with Gasteiger partial charge in [0.15, 0.2) is 0 Å². The second-order valence-corrected chi connectivity index (χ2v) is 7.48. The number of anilines is 1. The number of ether oxygens (including phenoxy) is 2. The zero-order chi connectivity index (χ0) is 16.2. The quantitative estimate of drug-likeness (QED) is 0.919. The average Bonchev–Trinajstić information content (AvgIpc) is 2.90. The molecule has 2 heterocycles. The van der Waals surface area contributed by atoms with E-state index >= 15 is 0 Å². The molecule has 2 unspecified atom stereocenters. The fourth-order valence-corrected chi connectivity index (χ4v) is 3.11. The maximum atomic E-state index is 12.4. The first-order valence-corrected chi connectivity index (χ1v) is 8.65. The maximum Gasteiger partial charge on any atom is 0.410 e. The first-order valence-electron chi connectivity index (χ1n) is 7.71. The van der Waals surface area contributed by atoms with Crippen molar-refractivity contribution in [1.29, 1.82) is 0 Å². The highest BCUT2D eigenvalue weighted by Crippen LogP contribution is 2.20. The molecule has 2 rings (SSSR count). The zero-order valence-corrected chi connectivity index (χ0v) is 14.6. The SMILES string of the molecule is CC(CC1COCCN1C(=O)OC(C)(C)C)Nc1ccsc1. The van der Waals surface area contributed by atoms with Crippen LogP contribution >= 0.6 is 11.3 Å². The molecule has 22 heavy (non-hydrogen) atoms. The van der Waals surface area contributed by atoms with E-state index in [2.05, 4.69) is 23.7 Å². The van der Waals surface area contributed by atoms with Gasteiger partial charge in [-0.25, -0.2) is 4.79 Å². The standard InChI is InChI=1S/C16H26N2O3S/c1-12(17-13-5-8-22-11-13)9-14-10-20-7-6-18(14)15(19)21-16(2,3)4/h5,8,11-12,14,17H,6-7,9-10H2,1-4H3. The van der Waals surface area contributed by atoms with E-state index in [-0.39, 0.29) is 18.2 Å². The third-order valence-corrected chi connectivity index (χ3v) is 4.10. The van der Waals surface area contributed by atoms with Crippen LogP contribution in [0.4, 0.5) is 10.5 Å². The molecule has 1 amide bonds. The van der Waals surface area contributed by atoms with Crippen molar-refractivity contribution in [2.24, 2.45) is 0 Å². The fraction of sp³-hybridized carbons (Fsp3) is 0.688. The van der Waals surface area contributed by atoms with Crippen molar-refractivity contribution in [3.8, 4) is 0 Å². The molecule has 6 heteroatoms. The van der Waals surface area contributed by atoms with Gasteiger partial charge in [-0.05, 0) is 45.6 Å². The molecule has 2 atom stereocenters. The molecule has 1 aromatic heterocycles. The molecule has 1 N–H and O–H groups in total. The van der Waals surface area contributed by atoms with Crippen LogP contribution in [0, 0.1) is 0 Å². The smallest absolute Gasteiger partial charge is 0.410 e. The normalized spacial score (nSPS) is 20.5. The Kier molecular flexibility index (Phi) is 5.69. The summed E-state index contributed by atoms with van der Waals surface area (Å²) in [5, 5.41) is 7.58.